The zero-order valence-electron chi connectivity index (χ0n) is 16.1. The highest BCUT2D eigenvalue weighted by Gasteiger charge is 2.26. The summed E-state index contributed by atoms with van der Waals surface area (Å²) in [5.74, 6) is 0.361. The maximum atomic E-state index is 12.3. The smallest absolute Gasteiger partial charge is 0.223 e. The zero-order valence-corrected chi connectivity index (χ0v) is 17.7. The second-order valence-corrected chi connectivity index (χ2v) is 8.00. The van der Waals surface area contributed by atoms with Crippen LogP contribution >= 0.6 is 23.7 Å². The summed E-state index contributed by atoms with van der Waals surface area (Å²) in [5.41, 5.74) is 4.46. The number of hydrogen-bond donors (Lipinski definition) is 1. The number of halogens is 1. The van der Waals surface area contributed by atoms with E-state index in [1.807, 2.05) is 6.07 Å². The van der Waals surface area contributed by atoms with Gasteiger partial charge in [0.15, 0.2) is 0 Å². The molecular weight excluding hydrogens is 390 g/mol. The molecule has 3 aromatic rings. The van der Waals surface area contributed by atoms with Gasteiger partial charge in [-0.25, -0.2) is 4.98 Å². The van der Waals surface area contributed by atoms with Crippen LogP contribution in [0.25, 0.3) is 21.5 Å². The molecule has 1 aliphatic rings. The summed E-state index contributed by atoms with van der Waals surface area (Å²) < 4.78 is 1.24. The van der Waals surface area contributed by atoms with Crippen molar-refractivity contribution in [2.75, 3.05) is 24.5 Å². The van der Waals surface area contributed by atoms with Crippen molar-refractivity contribution in [1.29, 1.82) is 0 Å². The molecular formula is C22H26ClN3OS. The largest absolute Gasteiger partial charge is 0.370 e. The molecule has 1 amide bonds. The van der Waals surface area contributed by atoms with Crippen LogP contribution in [0.5, 0.6) is 0 Å². The first-order chi connectivity index (χ1) is 13.3. The maximum absolute atomic E-state index is 12.3. The summed E-state index contributed by atoms with van der Waals surface area (Å²) >= 11 is 1.75. The van der Waals surface area contributed by atoms with Gasteiger partial charge in [-0.05, 0) is 36.8 Å². The van der Waals surface area contributed by atoms with E-state index in [-0.39, 0.29) is 24.2 Å². The van der Waals surface area contributed by atoms with E-state index in [1.165, 1.54) is 10.4 Å². The van der Waals surface area contributed by atoms with E-state index < -0.39 is 0 Å². The topological polar surface area (TPSA) is 45.2 Å². The van der Waals surface area contributed by atoms with Crippen molar-refractivity contribution in [3.05, 3.63) is 47.8 Å². The molecule has 3 heterocycles. The Bertz CT molecular complexity index is 920. The summed E-state index contributed by atoms with van der Waals surface area (Å²) in [6.07, 6.45) is 2.80. The van der Waals surface area contributed by atoms with Crippen LogP contribution in [0, 0.1) is 5.92 Å². The van der Waals surface area contributed by atoms with Gasteiger partial charge in [0.2, 0.25) is 5.91 Å². The second kappa shape index (κ2) is 9.39. The number of carbonyl (C=O) groups excluding carboxylic acids is 1. The molecule has 1 aromatic carbocycles. The summed E-state index contributed by atoms with van der Waals surface area (Å²) in [6, 6.07) is 14.7. The zero-order chi connectivity index (χ0) is 18.6. The third-order valence-corrected chi connectivity index (χ3v) is 6.14. The highest BCUT2D eigenvalue weighted by Crippen LogP contribution is 2.36. The first-order valence-electron chi connectivity index (χ1n) is 9.72. The monoisotopic (exact) mass is 415 g/mol. The Morgan fingerprint density at radius 3 is 2.68 bits per heavy atom. The lowest BCUT2D eigenvalue weighted by molar-refractivity contribution is -0.125. The van der Waals surface area contributed by atoms with Gasteiger partial charge in [-0.15, -0.1) is 23.7 Å². The van der Waals surface area contributed by atoms with Gasteiger partial charge in [0.1, 0.15) is 0 Å². The number of nitrogens with zero attached hydrogens (tertiary/aromatic N) is 2. The minimum Gasteiger partial charge on any atom is -0.370 e. The highest BCUT2D eigenvalue weighted by molar-refractivity contribution is 7.17. The molecule has 1 N–H and O–H groups in total. The molecule has 0 radical (unpaired) electrons. The fraction of sp³-hybridized carbons (Fsp3) is 0.364. The van der Waals surface area contributed by atoms with E-state index in [0.717, 1.165) is 55.7 Å². The van der Waals surface area contributed by atoms with E-state index in [4.69, 9.17) is 4.98 Å². The predicted octanol–water partition coefficient (Wildman–Crippen LogP) is 5.13. The van der Waals surface area contributed by atoms with Gasteiger partial charge in [-0.1, -0.05) is 37.3 Å². The Kier molecular flexibility index (Phi) is 6.92. The maximum Gasteiger partial charge on any atom is 0.223 e. The average molecular weight is 416 g/mol. The molecule has 1 saturated heterocycles. The minimum absolute atomic E-state index is 0. The molecule has 0 bridgehead atoms. The van der Waals surface area contributed by atoms with E-state index in [9.17, 15) is 4.79 Å². The van der Waals surface area contributed by atoms with Crippen LogP contribution < -0.4 is 10.2 Å². The summed E-state index contributed by atoms with van der Waals surface area (Å²) in [7, 11) is 0. The Hall–Kier alpha value is -2.11. The van der Waals surface area contributed by atoms with E-state index in [2.05, 4.69) is 58.9 Å². The van der Waals surface area contributed by atoms with Crippen LogP contribution in [-0.2, 0) is 4.79 Å². The Balaban J connectivity index is 0.00000225. The van der Waals surface area contributed by atoms with Crippen LogP contribution in [0.1, 0.15) is 26.2 Å². The Morgan fingerprint density at radius 2 is 1.96 bits per heavy atom. The molecule has 0 aliphatic carbocycles. The van der Waals surface area contributed by atoms with Gasteiger partial charge >= 0.3 is 0 Å². The quantitative estimate of drug-likeness (QED) is 0.628. The third-order valence-electron chi connectivity index (χ3n) is 5.22. The second-order valence-electron chi connectivity index (χ2n) is 7.08. The number of rotatable bonds is 5. The van der Waals surface area contributed by atoms with Crippen molar-refractivity contribution in [1.82, 2.24) is 10.3 Å². The first kappa shape index (κ1) is 20.6. The fourth-order valence-electron chi connectivity index (χ4n) is 3.71. The van der Waals surface area contributed by atoms with Crippen LogP contribution in [0.4, 0.5) is 5.69 Å². The van der Waals surface area contributed by atoms with Gasteiger partial charge in [0, 0.05) is 31.1 Å². The number of fused-ring (bicyclic) bond motifs is 1. The van der Waals surface area contributed by atoms with Crippen molar-refractivity contribution in [3.63, 3.8) is 0 Å². The van der Waals surface area contributed by atoms with Crippen LogP contribution in [0.3, 0.4) is 0 Å². The lowest BCUT2D eigenvalue weighted by Gasteiger charge is -2.33. The molecule has 0 saturated carbocycles. The van der Waals surface area contributed by atoms with Crippen LogP contribution in [-0.4, -0.2) is 30.5 Å². The number of aromatic nitrogens is 1. The van der Waals surface area contributed by atoms with E-state index in [0.29, 0.717) is 0 Å². The SMILES string of the molecule is CCCNC(=O)C1CCN(c2cc(-c3ccccc3)nc3ccsc23)CC1.Cl. The Morgan fingerprint density at radius 1 is 1.21 bits per heavy atom. The third kappa shape index (κ3) is 4.31. The van der Waals surface area contributed by atoms with E-state index in [1.54, 1.807) is 11.3 Å². The lowest BCUT2D eigenvalue weighted by Crippen LogP contribution is -2.40. The number of carbonyl (C=O) groups is 1. The molecule has 148 valence electrons. The van der Waals surface area contributed by atoms with Crippen molar-refractivity contribution >= 4 is 45.6 Å². The van der Waals surface area contributed by atoms with Crippen molar-refractivity contribution in [3.8, 4) is 11.3 Å². The van der Waals surface area contributed by atoms with Gasteiger partial charge in [0.25, 0.3) is 0 Å². The molecule has 0 unspecified atom stereocenters. The normalized spacial score (nSPS) is 14.7. The van der Waals surface area contributed by atoms with Gasteiger partial charge in [-0.3, -0.25) is 4.79 Å². The summed E-state index contributed by atoms with van der Waals surface area (Å²) in [5, 5.41) is 5.16. The molecule has 1 fully saturated rings. The van der Waals surface area contributed by atoms with Crippen molar-refractivity contribution in [2.45, 2.75) is 26.2 Å². The minimum atomic E-state index is 0. The van der Waals surface area contributed by atoms with Gasteiger partial charge in [-0.2, -0.15) is 0 Å². The standard InChI is InChI=1S/C22H25N3OS.ClH/c1-2-11-23-22(26)17-8-12-25(13-9-17)20-15-19(16-6-4-3-5-7-16)24-18-10-14-27-21(18)20;/h3-7,10,14-15,17H,2,8-9,11-13H2,1H3,(H,23,26);1H. The first-order valence-corrected chi connectivity index (χ1v) is 10.6. The predicted molar refractivity (Wildman–Crippen MR) is 121 cm³/mol. The number of piperidine rings is 1. The molecule has 28 heavy (non-hydrogen) atoms. The summed E-state index contributed by atoms with van der Waals surface area (Å²) in [6.45, 7) is 4.69. The number of anilines is 1. The van der Waals surface area contributed by atoms with E-state index >= 15 is 0 Å². The van der Waals surface area contributed by atoms with Gasteiger partial charge < -0.3 is 10.2 Å². The molecule has 1 aliphatic heterocycles. The summed E-state index contributed by atoms with van der Waals surface area (Å²) in [4.78, 5) is 19.6. The Labute approximate surface area is 176 Å². The van der Waals surface area contributed by atoms with Crippen molar-refractivity contribution in [2.24, 2.45) is 5.92 Å². The average Bonchev–Trinajstić information content (AvgIpc) is 3.21. The van der Waals surface area contributed by atoms with Crippen LogP contribution in [0.2, 0.25) is 0 Å². The lowest BCUT2D eigenvalue weighted by atomic mass is 9.95. The molecule has 4 rings (SSSR count). The number of amides is 1. The van der Waals surface area contributed by atoms with Crippen molar-refractivity contribution < 1.29 is 4.79 Å². The van der Waals surface area contributed by atoms with Crippen LogP contribution in [0.15, 0.2) is 47.8 Å². The molecule has 0 atom stereocenters. The van der Waals surface area contributed by atoms with Gasteiger partial charge in [0.05, 0.1) is 21.6 Å². The number of benzene rings is 1. The number of pyridine rings is 1. The molecule has 6 heteroatoms. The highest BCUT2D eigenvalue weighted by atomic mass is 35.5. The number of hydrogen-bond acceptors (Lipinski definition) is 4. The number of thiophene rings is 1. The molecule has 0 spiro atoms. The number of nitrogens with one attached hydrogen (secondary N) is 1. The molecule has 2 aromatic heterocycles. The molecule has 4 nitrogen and oxygen atoms in total. The fourth-order valence-corrected chi connectivity index (χ4v) is 4.58.